The third-order valence-electron chi connectivity index (χ3n) is 2.94. The second-order valence-corrected chi connectivity index (χ2v) is 6.21. The van der Waals surface area contributed by atoms with Crippen LogP contribution in [0.2, 0.25) is 0 Å². The molecule has 1 saturated carbocycles. The minimum atomic E-state index is -3.60. The van der Waals surface area contributed by atoms with Gasteiger partial charge in [-0.05, 0) is 37.5 Å². The summed E-state index contributed by atoms with van der Waals surface area (Å²) in [6.45, 7) is 0. The molecule has 5 heteroatoms. The van der Waals surface area contributed by atoms with Crippen LogP contribution in [0.4, 0.5) is 4.39 Å². The fourth-order valence-electron chi connectivity index (χ4n) is 2.09. The van der Waals surface area contributed by atoms with Crippen molar-refractivity contribution in [1.29, 1.82) is 0 Å². The highest BCUT2D eigenvalue weighted by atomic mass is 32.2. The molecule has 0 amide bonds. The zero-order valence-electron chi connectivity index (χ0n) is 8.64. The van der Waals surface area contributed by atoms with E-state index in [1.807, 2.05) is 0 Å². The van der Waals surface area contributed by atoms with Gasteiger partial charge in [0.1, 0.15) is 5.82 Å². The zero-order valence-corrected chi connectivity index (χ0v) is 9.45. The summed E-state index contributed by atoms with van der Waals surface area (Å²) < 4.78 is 37.1. The first kappa shape index (κ1) is 11.5. The summed E-state index contributed by atoms with van der Waals surface area (Å²) >= 11 is 0. The van der Waals surface area contributed by atoms with Gasteiger partial charge in [0, 0.05) is 0 Å². The smallest absolute Gasteiger partial charge is 0.183 e. The monoisotopic (exact) mass is 244 g/mol. The molecule has 16 heavy (non-hydrogen) atoms. The van der Waals surface area contributed by atoms with Gasteiger partial charge in [0.25, 0.3) is 0 Å². The van der Waals surface area contributed by atoms with Crippen LogP contribution in [0, 0.1) is 5.82 Å². The molecule has 2 unspecified atom stereocenters. The molecule has 1 aromatic carbocycles. The Morgan fingerprint density at radius 3 is 2.62 bits per heavy atom. The molecular formula is C11H13FO3S. The fraction of sp³-hybridized carbons (Fsp3) is 0.455. The lowest BCUT2D eigenvalue weighted by Gasteiger charge is -2.15. The topological polar surface area (TPSA) is 54.4 Å². The zero-order chi connectivity index (χ0) is 11.8. The van der Waals surface area contributed by atoms with Crippen molar-refractivity contribution in [2.75, 3.05) is 0 Å². The molecule has 2 rings (SSSR count). The van der Waals surface area contributed by atoms with Crippen LogP contribution in [0.3, 0.4) is 0 Å². The fourth-order valence-corrected chi connectivity index (χ4v) is 4.01. The van der Waals surface area contributed by atoms with Crippen molar-refractivity contribution in [2.24, 2.45) is 0 Å². The molecular weight excluding hydrogens is 231 g/mol. The molecule has 0 bridgehead atoms. The highest BCUT2D eigenvalue weighted by molar-refractivity contribution is 7.92. The maximum Gasteiger partial charge on any atom is 0.183 e. The number of sulfone groups is 1. The van der Waals surface area contributed by atoms with Gasteiger partial charge < -0.3 is 5.11 Å². The van der Waals surface area contributed by atoms with E-state index in [-0.39, 0.29) is 4.90 Å². The quantitative estimate of drug-likeness (QED) is 0.858. The van der Waals surface area contributed by atoms with Crippen molar-refractivity contribution in [3.05, 3.63) is 30.1 Å². The van der Waals surface area contributed by atoms with E-state index < -0.39 is 27.0 Å². The summed E-state index contributed by atoms with van der Waals surface area (Å²) in [6, 6.07) is 4.93. The van der Waals surface area contributed by atoms with Gasteiger partial charge in [-0.1, -0.05) is 6.07 Å². The summed E-state index contributed by atoms with van der Waals surface area (Å²) in [5.41, 5.74) is 0. The Morgan fingerprint density at radius 2 is 2.06 bits per heavy atom. The Labute approximate surface area is 93.8 Å². The third kappa shape index (κ3) is 1.97. The highest BCUT2D eigenvalue weighted by Crippen LogP contribution is 2.30. The van der Waals surface area contributed by atoms with E-state index in [4.69, 9.17) is 0 Å². The summed E-state index contributed by atoms with van der Waals surface area (Å²) in [6.07, 6.45) is 0.813. The SMILES string of the molecule is O=S(=O)(c1cccc(F)c1)C1CCCC1O. The molecule has 1 aromatic rings. The van der Waals surface area contributed by atoms with Crippen LogP contribution in [-0.2, 0) is 9.84 Å². The first-order chi connectivity index (χ1) is 7.51. The number of hydrogen-bond acceptors (Lipinski definition) is 3. The first-order valence-electron chi connectivity index (χ1n) is 5.19. The Morgan fingerprint density at radius 1 is 1.31 bits per heavy atom. The molecule has 88 valence electrons. The summed E-state index contributed by atoms with van der Waals surface area (Å²) in [5.74, 6) is -0.575. The molecule has 1 aliphatic rings. The van der Waals surface area contributed by atoms with Crippen LogP contribution in [0.1, 0.15) is 19.3 Å². The van der Waals surface area contributed by atoms with Crippen LogP contribution in [0.25, 0.3) is 0 Å². The van der Waals surface area contributed by atoms with Crippen molar-refractivity contribution in [3.63, 3.8) is 0 Å². The molecule has 0 radical (unpaired) electrons. The predicted octanol–water partition coefficient (Wildman–Crippen LogP) is 1.51. The average Bonchev–Trinajstić information content (AvgIpc) is 2.65. The molecule has 0 spiro atoms. The largest absolute Gasteiger partial charge is 0.392 e. The standard InChI is InChI=1S/C11H13FO3S/c12-8-3-1-4-9(7-8)16(14,15)11-6-2-5-10(11)13/h1,3-4,7,10-11,13H,2,5-6H2. The summed E-state index contributed by atoms with van der Waals surface area (Å²) in [4.78, 5) is -0.0431. The molecule has 0 aliphatic heterocycles. The lowest BCUT2D eigenvalue weighted by molar-refractivity contribution is 0.185. The second kappa shape index (κ2) is 4.14. The van der Waals surface area contributed by atoms with Crippen molar-refractivity contribution in [1.82, 2.24) is 0 Å². The number of halogens is 1. The van der Waals surface area contributed by atoms with Gasteiger partial charge in [-0.15, -0.1) is 0 Å². The molecule has 1 aliphatic carbocycles. The third-order valence-corrected chi connectivity index (χ3v) is 5.20. The average molecular weight is 244 g/mol. The molecule has 0 heterocycles. The maximum atomic E-state index is 13.0. The van der Waals surface area contributed by atoms with Crippen molar-refractivity contribution in [3.8, 4) is 0 Å². The van der Waals surface area contributed by atoms with Gasteiger partial charge in [-0.25, -0.2) is 12.8 Å². The van der Waals surface area contributed by atoms with Crippen LogP contribution < -0.4 is 0 Å². The minimum Gasteiger partial charge on any atom is -0.392 e. The summed E-state index contributed by atoms with van der Waals surface area (Å²) in [5, 5.41) is 8.80. The lowest BCUT2D eigenvalue weighted by atomic mass is 10.3. The van der Waals surface area contributed by atoms with E-state index in [0.717, 1.165) is 6.07 Å². The number of rotatable bonds is 2. The van der Waals surface area contributed by atoms with Gasteiger partial charge >= 0.3 is 0 Å². The van der Waals surface area contributed by atoms with Gasteiger partial charge in [0.2, 0.25) is 0 Å². The normalized spacial score (nSPS) is 25.9. The highest BCUT2D eigenvalue weighted by Gasteiger charge is 2.37. The van der Waals surface area contributed by atoms with E-state index in [1.165, 1.54) is 18.2 Å². The van der Waals surface area contributed by atoms with Crippen LogP contribution in [0.5, 0.6) is 0 Å². The van der Waals surface area contributed by atoms with Crippen molar-refractivity contribution in [2.45, 2.75) is 35.5 Å². The molecule has 1 N–H and O–H groups in total. The van der Waals surface area contributed by atoms with Gasteiger partial charge in [-0.3, -0.25) is 0 Å². The van der Waals surface area contributed by atoms with E-state index in [0.29, 0.717) is 19.3 Å². The summed E-state index contributed by atoms with van der Waals surface area (Å²) in [7, 11) is -3.60. The number of aliphatic hydroxyl groups is 1. The number of aliphatic hydroxyl groups excluding tert-OH is 1. The van der Waals surface area contributed by atoms with E-state index in [9.17, 15) is 17.9 Å². The van der Waals surface area contributed by atoms with Crippen molar-refractivity contribution >= 4 is 9.84 Å². The van der Waals surface area contributed by atoms with E-state index >= 15 is 0 Å². The van der Waals surface area contributed by atoms with Crippen LogP contribution >= 0.6 is 0 Å². The Balaban J connectivity index is 2.39. The molecule has 0 saturated heterocycles. The predicted molar refractivity (Wildman–Crippen MR) is 57.2 cm³/mol. The molecule has 1 fully saturated rings. The Kier molecular flexibility index (Phi) is 2.99. The molecule has 0 aromatic heterocycles. The number of hydrogen-bond donors (Lipinski definition) is 1. The van der Waals surface area contributed by atoms with Crippen LogP contribution in [-0.4, -0.2) is 24.9 Å². The Hall–Kier alpha value is -0.940. The number of benzene rings is 1. The van der Waals surface area contributed by atoms with E-state index in [1.54, 1.807) is 0 Å². The second-order valence-electron chi connectivity index (χ2n) is 4.04. The van der Waals surface area contributed by atoms with Crippen molar-refractivity contribution < 1.29 is 17.9 Å². The maximum absolute atomic E-state index is 13.0. The van der Waals surface area contributed by atoms with Gasteiger partial charge in [0.05, 0.1) is 16.2 Å². The van der Waals surface area contributed by atoms with Gasteiger partial charge in [-0.2, -0.15) is 0 Å². The lowest BCUT2D eigenvalue weighted by Crippen LogP contribution is -2.29. The molecule has 3 nitrogen and oxygen atoms in total. The molecule has 2 atom stereocenters. The Bertz CT molecular complexity index is 484. The van der Waals surface area contributed by atoms with E-state index in [2.05, 4.69) is 0 Å². The minimum absolute atomic E-state index is 0.0431. The first-order valence-corrected chi connectivity index (χ1v) is 6.74. The van der Waals surface area contributed by atoms with Gasteiger partial charge in [0.15, 0.2) is 9.84 Å². The van der Waals surface area contributed by atoms with Crippen LogP contribution in [0.15, 0.2) is 29.2 Å².